The molecule has 0 unspecified atom stereocenters. The molecule has 3 heterocycles. The number of nitrogens with two attached hydrogens (primary N) is 1. The minimum absolute atomic E-state index is 0.00528. The predicted molar refractivity (Wildman–Crippen MR) is 255 cm³/mol. The van der Waals surface area contributed by atoms with Gasteiger partial charge in [-0.25, -0.2) is 0 Å². The molecule has 14 N–H and O–H groups in total. The lowest BCUT2D eigenvalue weighted by atomic mass is 9.82. The van der Waals surface area contributed by atoms with Crippen LogP contribution in [-0.2, 0) is 33.3 Å². The average molecular weight is 995 g/mol. The van der Waals surface area contributed by atoms with Gasteiger partial charge in [0.05, 0.1) is 73.5 Å². The van der Waals surface area contributed by atoms with Crippen LogP contribution < -0.4 is 11.1 Å². The molecule has 2 saturated heterocycles. The Labute approximate surface area is 409 Å². The number of cyclic esters (lactones) is 1. The summed E-state index contributed by atoms with van der Waals surface area (Å²) in [5.74, 6) is -7.53. The zero-order valence-corrected chi connectivity index (χ0v) is 40.4. The summed E-state index contributed by atoms with van der Waals surface area (Å²) in [5, 5.41) is 122. The molecule has 0 aromatic carbocycles. The first kappa shape index (κ1) is 60.3. The number of rotatable bonds is 6. The fourth-order valence-corrected chi connectivity index (χ4v) is 8.50. The number of carboxylic acid groups (broad SMARTS) is 1. The van der Waals surface area contributed by atoms with Crippen molar-refractivity contribution in [2.45, 2.75) is 183 Å². The van der Waals surface area contributed by atoms with Gasteiger partial charge in [-0.15, -0.1) is 0 Å². The minimum Gasteiger partial charge on any atom is -0.481 e. The number of nitrogens with one attached hydrogen (secondary N) is 1. The van der Waals surface area contributed by atoms with Gasteiger partial charge in [0.2, 0.25) is 5.91 Å². The van der Waals surface area contributed by atoms with Crippen molar-refractivity contribution in [3.05, 3.63) is 85.1 Å². The molecule has 0 aromatic rings. The van der Waals surface area contributed by atoms with Crippen LogP contribution in [0, 0.1) is 17.8 Å². The predicted octanol–water partition coefficient (Wildman–Crippen LogP) is 0.218. The Morgan fingerprint density at radius 1 is 0.700 bits per heavy atom. The van der Waals surface area contributed by atoms with Gasteiger partial charge in [0.25, 0.3) is 0 Å². The smallest absolute Gasteiger partial charge is 0.311 e. The number of aliphatic carboxylic acids is 1. The third-order valence-corrected chi connectivity index (χ3v) is 12.7. The maximum atomic E-state index is 12.6. The SMILES string of the molecule is C[C@@H]1[C@H](O)[C@@H](C)/C=C/C=C/C=C/C=C/C=C/C=C/C=C/[C@H](O[C@@H]2O[C@H](C)[C@@H](O)[C@H](NC(=O)CCN)[C@@H]2O)C[C@@H]2O[C@](O)(C[C@@H](O)C[C@@H](O)[C@H](O)CC[C@@H](O)C[C@@H](O)CC(=O)O[C@H]1C)C[C@H](O)[C@H]2C(=O)O. The topological polar surface area (TPSA) is 349 Å². The van der Waals surface area contributed by atoms with Crippen LogP contribution in [0.3, 0.4) is 0 Å². The molecule has 396 valence electrons. The third-order valence-electron chi connectivity index (χ3n) is 12.7. The molecular weight excluding hydrogens is 917 g/mol. The van der Waals surface area contributed by atoms with Crippen molar-refractivity contribution >= 4 is 17.8 Å². The summed E-state index contributed by atoms with van der Waals surface area (Å²) >= 11 is 0. The third kappa shape index (κ3) is 20.3. The van der Waals surface area contributed by atoms with E-state index in [-0.39, 0.29) is 38.1 Å². The first-order valence-electron chi connectivity index (χ1n) is 24.0. The quantitative estimate of drug-likeness (QED) is 0.158. The lowest BCUT2D eigenvalue weighted by Gasteiger charge is -2.45. The Balaban J connectivity index is 1.91. The molecule has 0 aliphatic carbocycles. The van der Waals surface area contributed by atoms with E-state index in [4.69, 9.17) is 24.7 Å². The van der Waals surface area contributed by atoms with E-state index in [1.165, 1.54) is 13.0 Å². The van der Waals surface area contributed by atoms with Crippen LogP contribution in [0.25, 0.3) is 0 Å². The van der Waals surface area contributed by atoms with Gasteiger partial charge in [-0.3, -0.25) is 14.4 Å². The van der Waals surface area contributed by atoms with Crippen LogP contribution in [0.15, 0.2) is 85.1 Å². The van der Waals surface area contributed by atoms with Crippen LogP contribution in [0.5, 0.6) is 0 Å². The molecule has 3 rings (SSSR count). The van der Waals surface area contributed by atoms with Crippen molar-refractivity contribution in [3.63, 3.8) is 0 Å². The fraction of sp³-hybridized carbons (Fsp3) is 0.660. The van der Waals surface area contributed by atoms with E-state index in [0.29, 0.717) is 0 Å². The number of hydrogen-bond donors (Lipinski definition) is 13. The van der Waals surface area contributed by atoms with Crippen LogP contribution in [0.4, 0.5) is 0 Å². The van der Waals surface area contributed by atoms with Crippen molar-refractivity contribution in [1.82, 2.24) is 5.32 Å². The lowest BCUT2D eigenvalue weighted by Crippen LogP contribution is -2.64. The van der Waals surface area contributed by atoms with Crippen LogP contribution in [-0.4, -0.2) is 178 Å². The number of carbonyl (C=O) groups is 3. The lowest BCUT2D eigenvalue weighted by molar-refractivity contribution is -0.309. The molecule has 0 spiro atoms. The molecule has 3 aliphatic heterocycles. The van der Waals surface area contributed by atoms with Gasteiger partial charge in [0.15, 0.2) is 12.1 Å². The molecule has 2 fully saturated rings. The highest BCUT2D eigenvalue weighted by atomic mass is 16.7. The number of carboxylic acids is 1. The standard InChI is InChI=1S/C50H78N2O18/c1-29-17-15-13-11-9-7-5-6-8-10-12-14-16-18-36(69-49-47(63)44(46(62)32(4)68-49)52-41(59)21-22-51)26-40-43(48(64)65)39(58)28-50(66,70-40)27-35(55)24-38(57)37(56)20-19-33(53)23-34(54)25-42(60)67-31(3)30(2)45(29)61/h5-18,29-40,43-47,49,53-58,61-63,66H,19-28,51H2,1-4H3,(H,52,59)(H,64,65)/b6-5+,9-7+,10-8+,13-11+,14-12+,17-15+,18-16+/t29-,30-,31-,32+,33+,34+,35-,36-,37+,38+,39-,40-,43+,44-,45+,46+,47-,49-,50+/m0/s1. The Bertz CT molecular complexity index is 1820. The summed E-state index contributed by atoms with van der Waals surface area (Å²) in [7, 11) is 0. The first-order valence-corrected chi connectivity index (χ1v) is 24.0. The Hall–Kier alpha value is -3.97. The highest BCUT2D eigenvalue weighted by Gasteiger charge is 2.51. The molecule has 19 atom stereocenters. The van der Waals surface area contributed by atoms with Gasteiger partial charge < -0.3 is 86.2 Å². The summed E-state index contributed by atoms with van der Waals surface area (Å²) in [6.45, 7) is 6.69. The van der Waals surface area contributed by atoms with E-state index in [1.807, 2.05) is 13.0 Å². The molecule has 2 bridgehead atoms. The summed E-state index contributed by atoms with van der Waals surface area (Å²) < 4.78 is 23.4. The van der Waals surface area contributed by atoms with Gasteiger partial charge in [-0.1, -0.05) is 98.9 Å². The van der Waals surface area contributed by atoms with Crippen molar-refractivity contribution in [3.8, 4) is 0 Å². The molecule has 1 amide bonds. The maximum Gasteiger partial charge on any atom is 0.311 e. The maximum absolute atomic E-state index is 12.6. The Morgan fingerprint density at radius 2 is 1.29 bits per heavy atom. The van der Waals surface area contributed by atoms with Crippen molar-refractivity contribution in [2.24, 2.45) is 23.5 Å². The van der Waals surface area contributed by atoms with E-state index in [0.717, 1.165) is 0 Å². The van der Waals surface area contributed by atoms with E-state index >= 15 is 0 Å². The van der Waals surface area contributed by atoms with Gasteiger partial charge >= 0.3 is 11.9 Å². The molecule has 20 nitrogen and oxygen atoms in total. The minimum atomic E-state index is -2.37. The number of carbonyl (C=O) groups excluding carboxylic acids is 2. The molecule has 0 saturated carbocycles. The second kappa shape index (κ2) is 30.2. The molecule has 0 aromatic heterocycles. The number of allylic oxidation sites excluding steroid dienone is 12. The Kier molecular flexibility index (Phi) is 26.0. The van der Waals surface area contributed by atoms with Crippen molar-refractivity contribution in [1.29, 1.82) is 0 Å². The molecule has 20 heteroatoms. The number of amides is 1. The molecule has 0 radical (unpaired) electrons. The van der Waals surface area contributed by atoms with Gasteiger partial charge in [0, 0.05) is 50.5 Å². The van der Waals surface area contributed by atoms with Crippen molar-refractivity contribution in [2.75, 3.05) is 6.54 Å². The molecular formula is C50H78N2O18. The zero-order valence-electron chi connectivity index (χ0n) is 40.4. The largest absolute Gasteiger partial charge is 0.481 e. The fourth-order valence-electron chi connectivity index (χ4n) is 8.50. The molecule has 3 aliphatic rings. The summed E-state index contributed by atoms with van der Waals surface area (Å²) in [6.07, 6.45) is 2.07. The van der Waals surface area contributed by atoms with E-state index in [2.05, 4.69) is 5.32 Å². The second-order valence-electron chi connectivity index (χ2n) is 18.6. The summed E-state index contributed by atoms with van der Waals surface area (Å²) in [6, 6.07) is -1.26. The zero-order chi connectivity index (χ0) is 52.1. The molecule has 70 heavy (non-hydrogen) atoms. The number of aliphatic hydroxyl groups is 10. The van der Waals surface area contributed by atoms with E-state index in [9.17, 15) is 70.6 Å². The summed E-state index contributed by atoms with van der Waals surface area (Å²) in [5.41, 5.74) is 5.51. The van der Waals surface area contributed by atoms with Gasteiger partial charge in [-0.2, -0.15) is 0 Å². The van der Waals surface area contributed by atoms with Crippen molar-refractivity contribution < 1.29 is 89.5 Å². The average Bonchev–Trinajstić information content (AvgIpc) is 3.27. The van der Waals surface area contributed by atoms with Crippen LogP contribution in [0.2, 0.25) is 0 Å². The number of ether oxygens (including phenoxy) is 4. The summed E-state index contributed by atoms with van der Waals surface area (Å²) in [4.78, 5) is 37.7. The number of hydrogen-bond acceptors (Lipinski definition) is 18. The van der Waals surface area contributed by atoms with E-state index in [1.54, 1.807) is 86.8 Å². The monoisotopic (exact) mass is 995 g/mol. The van der Waals surface area contributed by atoms with Crippen LogP contribution in [0.1, 0.15) is 85.5 Å². The number of esters is 1. The van der Waals surface area contributed by atoms with Gasteiger partial charge in [-0.05, 0) is 33.1 Å². The second-order valence-corrected chi connectivity index (χ2v) is 18.6. The highest BCUT2D eigenvalue weighted by Crippen LogP contribution is 2.38. The van der Waals surface area contributed by atoms with Crippen LogP contribution >= 0.6 is 0 Å². The Morgan fingerprint density at radius 3 is 1.87 bits per heavy atom. The first-order chi connectivity index (χ1) is 33.0. The van der Waals surface area contributed by atoms with Gasteiger partial charge in [0.1, 0.15) is 24.2 Å². The van der Waals surface area contributed by atoms with E-state index < -0.39 is 159 Å². The normalized spacial score (nSPS) is 43.0. The number of aliphatic hydroxyl groups excluding tert-OH is 9. The highest BCUT2D eigenvalue weighted by molar-refractivity contribution is 5.76. The number of fused-ring (bicyclic) bond motifs is 2.